The zero-order valence-corrected chi connectivity index (χ0v) is 13.5. The second kappa shape index (κ2) is 7.05. The van der Waals surface area contributed by atoms with E-state index in [1.165, 1.54) is 30.5 Å². The zero-order valence-electron chi connectivity index (χ0n) is 13.5. The fourth-order valence-corrected chi connectivity index (χ4v) is 3.27. The second-order valence-corrected chi connectivity index (χ2v) is 6.18. The summed E-state index contributed by atoms with van der Waals surface area (Å²) in [5.41, 5.74) is 8.89. The van der Waals surface area contributed by atoms with Gasteiger partial charge in [0, 0.05) is 24.7 Å². The number of amidine groups is 1. The summed E-state index contributed by atoms with van der Waals surface area (Å²) < 4.78 is 0. The minimum absolute atomic E-state index is 0.141. The first-order chi connectivity index (χ1) is 10.0. The lowest BCUT2D eigenvalue weighted by molar-refractivity contribution is 0.194. The molecule has 0 spiro atoms. The molecule has 1 saturated heterocycles. The van der Waals surface area contributed by atoms with Gasteiger partial charge in [-0.1, -0.05) is 19.1 Å². The number of aryl methyl sites for hydroxylation is 1. The summed E-state index contributed by atoms with van der Waals surface area (Å²) in [7, 11) is 2.20. The van der Waals surface area contributed by atoms with Crippen molar-refractivity contribution in [2.75, 3.05) is 26.7 Å². The quantitative estimate of drug-likeness (QED) is 0.623. The summed E-state index contributed by atoms with van der Waals surface area (Å²) in [6, 6.07) is 6.78. The average molecular weight is 288 g/mol. The number of nitrogens with one attached hydrogen (secondary N) is 1. The molecular weight excluding hydrogens is 260 g/mol. The summed E-state index contributed by atoms with van der Waals surface area (Å²) >= 11 is 0. The number of rotatable bonds is 6. The second-order valence-electron chi connectivity index (χ2n) is 6.18. The van der Waals surface area contributed by atoms with Crippen molar-refractivity contribution in [3.05, 3.63) is 34.9 Å². The predicted molar refractivity (Wildman–Crippen MR) is 88.8 cm³/mol. The fraction of sp³-hybridized carbons (Fsp3) is 0.588. The molecule has 1 atom stereocenters. The van der Waals surface area contributed by atoms with Gasteiger partial charge in [-0.2, -0.15) is 0 Å². The van der Waals surface area contributed by atoms with Gasteiger partial charge in [0.15, 0.2) is 0 Å². The molecular formula is C17H28N4. The molecule has 0 saturated carbocycles. The first kappa shape index (κ1) is 16.0. The van der Waals surface area contributed by atoms with Crippen molar-refractivity contribution in [1.82, 2.24) is 9.80 Å². The molecule has 1 aliphatic heterocycles. The van der Waals surface area contributed by atoms with Crippen LogP contribution in [0.25, 0.3) is 0 Å². The molecule has 3 N–H and O–H groups in total. The molecule has 2 rings (SSSR count). The zero-order chi connectivity index (χ0) is 15.4. The van der Waals surface area contributed by atoms with Crippen LogP contribution < -0.4 is 5.73 Å². The van der Waals surface area contributed by atoms with E-state index in [1.807, 2.05) is 12.1 Å². The van der Waals surface area contributed by atoms with Crippen LogP contribution in [0.2, 0.25) is 0 Å². The lowest BCUT2D eigenvalue weighted by Gasteiger charge is -2.28. The number of likely N-dealkylation sites (tertiary alicyclic amines) is 1. The lowest BCUT2D eigenvalue weighted by atomic mass is 10.0. The van der Waals surface area contributed by atoms with Crippen molar-refractivity contribution in [2.45, 2.75) is 39.3 Å². The van der Waals surface area contributed by atoms with Crippen LogP contribution in [0.1, 0.15) is 36.5 Å². The highest BCUT2D eigenvalue weighted by molar-refractivity contribution is 5.95. The Bertz CT molecular complexity index is 498. The van der Waals surface area contributed by atoms with Crippen LogP contribution in [0.3, 0.4) is 0 Å². The van der Waals surface area contributed by atoms with Crippen LogP contribution in [-0.2, 0) is 6.54 Å². The van der Waals surface area contributed by atoms with Crippen molar-refractivity contribution < 1.29 is 0 Å². The number of benzene rings is 1. The smallest absolute Gasteiger partial charge is 0.122 e. The minimum atomic E-state index is 0.141. The Balaban J connectivity index is 1.96. The molecule has 1 heterocycles. The van der Waals surface area contributed by atoms with Crippen LogP contribution in [0.5, 0.6) is 0 Å². The Labute approximate surface area is 128 Å². The van der Waals surface area contributed by atoms with E-state index in [0.29, 0.717) is 6.04 Å². The van der Waals surface area contributed by atoms with Gasteiger partial charge < -0.3 is 10.6 Å². The Morgan fingerprint density at radius 1 is 1.48 bits per heavy atom. The molecule has 1 unspecified atom stereocenters. The molecule has 0 bridgehead atoms. The molecule has 4 nitrogen and oxygen atoms in total. The van der Waals surface area contributed by atoms with Gasteiger partial charge in [0.2, 0.25) is 0 Å². The van der Waals surface area contributed by atoms with Crippen LogP contribution in [0.4, 0.5) is 0 Å². The number of likely N-dealkylation sites (N-methyl/N-ethyl adjacent to an activating group) is 2. The van der Waals surface area contributed by atoms with E-state index < -0.39 is 0 Å². The maximum absolute atomic E-state index is 7.50. The number of hydrogen-bond acceptors (Lipinski definition) is 3. The Kier molecular flexibility index (Phi) is 5.37. The molecule has 0 aliphatic carbocycles. The third-order valence-electron chi connectivity index (χ3n) is 4.52. The van der Waals surface area contributed by atoms with E-state index in [1.54, 1.807) is 0 Å². The third kappa shape index (κ3) is 4.05. The van der Waals surface area contributed by atoms with Gasteiger partial charge in [0.05, 0.1) is 0 Å². The van der Waals surface area contributed by atoms with Crippen molar-refractivity contribution in [2.24, 2.45) is 5.73 Å². The minimum Gasteiger partial charge on any atom is -0.384 e. The van der Waals surface area contributed by atoms with E-state index in [-0.39, 0.29) is 5.84 Å². The largest absolute Gasteiger partial charge is 0.384 e. The third-order valence-corrected chi connectivity index (χ3v) is 4.52. The Morgan fingerprint density at radius 2 is 2.24 bits per heavy atom. The SMILES string of the molecule is CCN1CCCC1CN(C)Cc1ccc(C(=N)N)cc1C. The molecule has 21 heavy (non-hydrogen) atoms. The van der Waals surface area contributed by atoms with Crippen LogP contribution >= 0.6 is 0 Å². The Hall–Kier alpha value is -1.39. The monoisotopic (exact) mass is 288 g/mol. The van der Waals surface area contributed by atoms with Crippen molar-refractivity contribution >= 4 is 5.84 Å². The van der Waals surface area contributed by atoms with Gasteiger partial charge in [-0.25, -0.2) is 0 Å². The molecule has 0 aromatic heterocycles. The molecule has 116 valence electrons. The highest BCUT2D eigenvalue weighted by Gasteiger charge is 2.24. The summed E-state index contributed by atoms with van der Waals surface area (Å²) in [5.74, 6) is 0.141. The first-order valence-electron chi connectivity index (χ1n) is 7.87. The average Bonchev–Trinajstić information content (AvgIpc) is 2.87. The maximum Gasteiger partial charge on any atom is 0.122 e. The number of nitrogen functional groups attached to an aromatic ring is 1. The Morgan fingerprint density at radius 3 is 2.86 bits per heavy atom. The van der Waals surface area contributed by atoms with Crippen LogP contribution in [-0.4, -0.2) is 48.4 Å². The molecule has 1 aromatic carbocycles. The fourth-order valence-electron chi connectivity index (χ4n) is 3.27. The van der Waals surface area contributed by atoms with Gasteiger partial charge in [-0.05, 0) is 57.1 Å². The summed E-state index contributed by atoms with van der Waals surface area (Å²) in [6.45, 7) is 8.85. The van der Waals surface area contributed by atoms with E-state index in [4.69, 9.17) is 11.1 Å². The number of nitrogens with zero attached hydrogens (tertiary/aromatic N) is 2. The normalized spacial score (nSPS) is 19.3. The lowest BCUT2D eigenvalue weighted by Crippen LogP contribution is -2.38. The maximum atomic E-state index is 7.50. The van der Waals surface area contributed by atoms with Crippen LogP contribution in [0.15, 0.2) is 18.2 Å². The molecule has 0 radical (unpaired) electrons. The van der Waals surface area contributed by atoms with Crippen molar-refractivity contribution in [1.29, 1.82) is 5.41 Å². The topological polar surface area (TPSA) is 56.4 Å². The van der Waals surface area contributed by atoms with E-state index in [9.17, 15) is 0 Å². The highest BCUT2D eigenvalue weighted by Crippen LogP contribution is 2.19. The van der Waals surface area contributed by atoms with Gasteiger partial charge in [0.25, 0.3) is 0 Å². The first-order valence-corrected chi connectivity index (χ1v) is 7.87. The van der Waals surface area contributed by atoms with Gasteiger partial charge in [-0.15, -0.1) is 0 Å². The van der Waals surface area contributed by atoms with Gasteiger partial charge in [0.1, 0.15) is 5.84 Å². The molecule has 1 fully saturated rings. The summed E-state index contributed by atoms with van der Waals surface area (Å²) in [5, 5.41) is 7.50. The number of hydrogen-bond donors (Lipinski definition) is 2. The van der Waals surface area contributed by atoms with E-state index >= 15 is 0 Å². The van der Waals surface area contributed by atoms with Crippen molar-refractivity contribution in [3.63, 3.8) is 0 Å². The van der Waals surface area contributed by atoms with Crippen LogP contribution in [0, 0.1) is 12.3 Å². The highest BCUT2D eigenvalue weighted by atomic mass is 15.2. The van der Waals surface area contributed by atoms with Gasteiger partial charge in [-0.3, -0.25) is 10.3 Å². The predicted octanol–water partition coefficient (Wildman–Crippen LogP) is 2.20. The standard InChI is InChI=1S/C17H28N4/c1-4-21-9-5-6-16(21)12-20(3)11-15-8-7-14(17(18)19)10-13(15)2/h7-8,10,16H,4-6,9,11-12H2,1-3H3,(H3,18,19). The number of nitrogens with two attached hydrogens (primary N) is 1. The molecule has 1 aromatic rings. The molecule has 1 aliphatic rings. The van der Waals surface area contributed by atoms with Crippen molar-refractivity contribution in [3.8, 4) is 0 Å². The summed E-state index contributed by atoms with van der Waals surface area (Å²) in [4.78, 5) is 5.00. The van der Waals surface area contributed by atoms with E-state index in [0.717, 1.165) is 25.2 Å². The van der Waals surface area contributed by atoms with Gasteiger partial charge >= 0.3 is 0 Å². The summed E-state index contributed by atoms with van der Waals surface area (Å²) in [6.07, 6.45) is 2.65. The van der Waals surface area contributed by atoms with E-state index in [2.05, 4.69) is 36.8 Å². The molecule has 0 amide bonds. The molecule has 4 heteroatoms.